The summed E-state index contributed by atoms with van der Waals surface area (Å²) in [6.07, 6.45) is 1.98. The van der Waals surface area contributed by atoms with Gasteiger partial charge in [-0.2, -0.15) is 0 Å². The van der Waals surface area contributed by atoms with Crippen molar-refractivity contribution in [1.82, 2.24) is 10.2 Å². The van der Waals surface area contributed by atoms with Crippen LogP contribution < -0.4 is 5.32 Å². The van der Waals surface area contributed by atoms with Crippen molar-refractivity contribution in [2.24, 2.45) is 0 Å². The first-order valence-corrected chi connectivity index (χ1v) is 6.02. The monoisotopic (exact) mass is 236 g/mol. The van der Waals surface area contributed by atoms with E-state index in [1.54, 1.807) is 0 Å². The maximum atomic E-state index is 6.23. The van der Waals surface area contributed by atoms with Crippen molar-refractivity contribution in [2.45, 2.75) is 6.04 Å². The molecule has 2 rings (SSSR count). The Bertz CT molecular complexity index is 359. The van der Waals surface area contributed by atoms with Crippen LogP contribution in [0, 0.1) is 0 Å². The van der Waals surface area contributed by atoms with Gasteiger partial charge >= 0.3 is 0 Å². The van der Waals surface area contributed by atoms with Crippen LogP contribution in [0.1, 0.15) is 11.6 Å². The third-order valence-corrected chi connectivity index (χ3v) is 3.34. The number of halogens is 1. The molecule has 1 aromatic carbocycles. The molecule has 1 fully saturated rings. The summed E-state index contributed by atoms with van der Waals surface area (Å²) in [5.74, 6) is 0. The van der Waals surface area contributed by atoms with E-state index in [1.165, 1.54) is 0 Å². The van der Waals surface area contributed by atoms with Crippen LogP contribution in [0.25, 0.3) is 0 Å². The number of rotatable bonds is 3. The summed E-state index contributed by atoms with van der Waals surface area (Å²) in [7, 11) is 0. The van der Waals surface area contributed by atoms with Gasteiger partial charge in [-0.3, -0.25) is 4.90 Å². The topological polar surface area (TPSA) is 15.3 Å². The summed E-state index contributed by atoms with van der Waals surface area (Å²) in [5, 5.41) is 4.18. The highest BCUT2D eigenvalue weighted by atomic mass is 35.5. The molecule has 1 heterocycles. The van der Waals surface area contributed by atoms with Gasteiger partial charge in [0.05, 0.1) is 6.04 Å². The molecule has 1 aliphatic heterocycles. The van der Waals surface area contributed by atoms with Crippen LogP contribution in [0.15, 0.2) is 36.9 Å². The Kier molecular flexibility index (Phi) is 3.99. The lowest BCUT2D eigenvalue weighted by molar-refractivity contribution is 0.203. The van der Waals surface area contributed by atoms with Crippen LogP contribution >= 0.6 is 11.6 Å². The Morgan fingerprint density at radius 3 is 2.62 bits per heavy atom. The van der Waals surface area contributed by atoms with E-state index in [4.69, 9.17) is 11.6 Å². The standard InChI is InChI=1S/C13H17ClN2/c1-2-13(16-9-7-15-8-10-16)11-5-3-4-6-12(11)14/h2-6,13,15H,1,7-10H2/t13-/m0/s1. The number of nitrogens with zero attached hydrogens (tertiary/aromatic N) is 1. The summed E-state index contributed by atoms with van der Waals surface area (Å²) < 4.78 is 0. The third-order valence-electron chi connectivity index (χ3n) is 2.99. The van der Waals surface area contributed by atoms with Gasteiger partial charge in [-0.05, 0) is 11.6 Å². The van der Waals surface area contributed by atoms with Crippen LogP contribution in [0.2, 0.25) is 5.02 Å². The van der Waals surface area contributed by atoms with E-state index < -0.39 is 0 Å². The first-order valence-electron chi connectivity index (χ1n) is 5.64. The van der Waals surface area contributed by atoms with Gasteiger partial charge < -0.3 is 5.32 Å². The highest BCUT2D eigenvalue weighted by Gasteiger charge is 2.20. The molecule has 0 radical (unpaired) electrons. The van der Waals surface area contributed by atoms with Crippen molar-refractivity contribution in [1.29, 1.82) is 0 Å². The van der Waals surface area contributed by atoms with Crippen molar-refractivity contribution >= 4 is 11.6 Å². The fraction of sp³-hybridized carbons (Fsp3) is 0.385. The van der Waals surface area contributed by atoms with E-state index >= 15 is 0 Å². The smallest absolute Gasteiger partial charge is 0.0544 e. The van der Waals surface area contributed by atoms with Crippen LogP contribution in [-0.2, 0) is 0 Å². The van der Waals surface area contributed by atoms with Crippen LogP contribution in [-0.4, -0.2) is 31.1 Å². The minimum Gasteiger partial charge on any atom is -0.314 e. The van der Waals surface area contributed by atoms with E-state index in [0.717, 1.165) is 36.8 Å². The molecule has 1 atom stereocenters. The van der Waals surface area contributed by atoms with E-state index in [2.05, 4.69) is 22.9 Å². The molecule has 0 amide bonds. The lowest BCUT2D eigenvalue weighted by Crippen LogP contribution is -2.44. The molecule has 0 saturated carbocycles. The summed E-state index contributed by atoms with van der Waals surface area (Å²) in [4.78, 5) is 2.41. The molecular weight excluding hydrogens is 220 g/mol. The Hall–Kier alpha value is -0.830. The van der Waals surface area contributed by atoms with Gasteiger partial charge in [0.1, 0.15) is 0 Å². The first kappa shape index (κ1) is 11.6. The molecule has 0 aromatic heterocycles. The van der Waals surface area contributed by atoms with E-state index in [1.807, 2.05) is 24.3 Å². The van der Waals surface area contributed by atoms with Gasteiger partial charge in [-0.25, -0.2) is 0 Å². The Labute approximate surface area is 102 Å². The van der Waals surface area contributed by atoms with Gasteiger partial charge in [0.15, 0.2) is 0 Å². The lowest BCUT2D eigenvalue weighted by atomic mass is 10.0. The lowest BCUT2D eigenvalue weighted by Gasteiger charge is -2.33. The molecule has 0 unspecified atom stereocenters. The largest absolute Gasteiger partial charge is 0.314 e. The van der Waals surface area contributed by atoms with Crippen molar-refractivity contribution < 1.29 is 0 Å². The molecule has 2 nitrogen and oxygen atoms in total. The molecular formula is C13H17ClN2. The number of piperazine rings is 1. The van der Waals surface area contributed by atoms with Crippen molar-refractivity contribution in [3.63, 3.8) is 0 Å². The van der Waals surface area contributed by atoms with Gasteiger partial charge in [0, 0.05) is 31.2 Å². The molecule has 0 bridgehead atoms. The van der Waals surface area contributed by atoms with E-state index in [-0.39, 0.29) is 6.04 Å². The molecule has 86 valence electrons. The van der Waals surface area contributed by atoms with Gasteiger partial charge in [-0.1, -0.05) is 35.9 Å². The number of hydrogen-bond acceptors (Lipinski definition) is 2. The van der Waals surface area contributed by atoms with Gasteiger partial charge in [0.2, 0.25) is 0 Å². The minimum atomic E-state index is 0.232. The fourth-order valence-corrected chi connectivity index (χ4v) is 2.40. The molecule has 16 heavy (non-hydrogen) atoms. The molecule has 1 saturated heterocycles. The molecule has 3 heteroatoms. The number of nitrogens with one attached hydrogen (secondary N) is 1. The van der Waals surface area contributed by atoms with Gasteiger partial charge in [-0.15, -0.1) is 6.58 Å². The Morgan fingerprint density at radius 1 is 1.31 bits per heavy atom. The normalized spacial score (nSPS) is 19.3. The second-order valence-corrected chi connectivity index (χ2v) is 4.40. The third kappa shape index (κ3) is 2.46. The van der Waals surface area contributed by atoms with Crippen molar-refractivity contribution in [3.05, 3.63) is 47.5 Å². The molecule has 1 aromatic rings. The average Bonchev–Trinajstić information content (AvgIpc) is 2.34. The second kappa shape index (κ2) is 5.48. The van der Waals surface area contributed by atoms with Crippen molar-refractivity contribution in [3.8, 4) is 0 Å². The highest BCUT2D eigenvalue weighted by Crippen LogP contribution is 2.28. The zero-order chi connectivity index (χ0) is 11.4. The molecule has 1 N–H and O–H groups in total. The molecule has 1 aliphatic rings. The maximum Gasteiger partial charge on any atom is 0.0544 e. The number of benzene rings is 1. The summed E-state index contributed by atoms with van der Waals surface area (Å²) >= 11 is 6.23. The first-order chi connectivity index (χ1) is 7.83. The summed E-state index contributed by atoms with van der Waals surface area (Å²) in [6.45, 7) is 8.09. The fourth-order valence-electron chi connectivity index (χ4n) is 2.15. The Balaban J connectivity index is 2.21. The second-order valence-electron chi connectivity index (χ2n) is 3.99. The minimum absolute atomic E-state index is 0.232. The highest BCUT2D eigenvalue weighted by molar-refractivity contribution is 6.31. The van der Waals surface area contributed by atoms with Crippen molar-refractivity contribution in [2.75, 3.05) is 26.2 Å². The summed E-state index contributed by atoms with van der Waals surface area (Å²) in [6, 6.07) is 8.24. The zero-order valence-corrected chi connectivity index (χ0v) is 10.1. The predicted molar refractivity (Wildman–Crippen MR) is 68.8 cm³/mol. The Morgan fingerprint density at radius 2 is 2.00 bits per heavy atom. The zero-order valence-electron chi connectivity index (χ0n) is 9.32. The van der Waals surface area contributed by atoms with Crippen LogP contribution in [0.5, 0.6) is 0 Å². The molecule has 0 aliphatic carbocycles. The van der Waals surface area contributed by atoms with E-state index in [0.29, 0.717) is 0 Å². The van der Waals surface area contributed by atoms with Gasteiger partial charge in [0.25, 0.3) is 0 Å². The van der Waals surface area contributed by atoms with Crippen LogP contribution in [0.4, 0.5) is 0 Å². The summed E-state index contributed by atoms with van der Waals surface area (Å²) in [5.41, 5.74) is 1.15. The SMILES string of the molecule is C=C[C@@H](c1ccccc1Cl)N1CCNCC1. The number of hydrogen-bond donors (Lipinski definition) is 1. The molecule has 0 spiro atoms. The maximum absolute atomic E-state index is 6.23. The predicted octanol–water partition coefficient (Wildman–Crippen LogP) is 2.47. The average molecular weight is 237 g/mol. The van der Waals surface area contributed by atoms with E-state index in [9.17, 15) is 0 Å². The quantitative estimate of drug-likeness (QED) is 0.812. The van der Waals surface area contributed by atoms with Crippen LogP contribution in [0.3, 0.4) is 0 Å².